The predicted molar refractivity (Wildman–Crippen MR) is 77.9 cm³/mol. The molecule has 0 radical (unpaired) electrons. The van der Waals surface area contributed by atoms with E-state index in [0.717, 1.165) is 43.9 Å². The quantitative estimate of drug-likeness (QED) is 0.642. The summed E-state index contributed by atoms with van der Waals surface area (Å²) in [6.07, 6.45) is 6.92. The van der Waals surface area contributed by atoms with Crippen molar-refractivity contribution in [3.63, 3.8) is 0 Å². The molecule has 1 saturated carbocycles. The first-order valence-corrected chi connectivity index (χ1v) is 8.28. The Labute approximate surface area is 111 Å². The van der Waals surface area contributed by atoms with Crippen LogP contribution in [0.25, 0.3) is 0 Å². The Bertz CT molecular complexity index is 178. The Morgan fingerprint density at radius 3 is 2.94 bits per heavy atom. The van der Waals surface area contributed by atoms with Crippen molar-refractivity contribution in [2.75, 3.05) is 32.1 Å². The minimum atomic E-state index is 0.843. The van der Waals surface area contributed by atoms with E-state index < -0.39 is 0 Å². The highest BCUT2D eigenvalue weighted by Gasteiger charge is 2.18. The van der Waals surface area contributed by atoms with Gasteiger partial charge in [0, 0.05) is 30.8 Å². The normalized spacial score (nSPS) is 25.1. The first-order valence-electron chi connectivity index (χ1n) is 7.23. The number of nitrogens with one attached hydrogen (secondary N) is 1. The van der Waals surface area contributed by atoms with Crippen LogP contribution < -0.4 is 5.32 Å². The fourth-order valence-electron chi connectivity index (χ4n) is 2.40. The molecule has 0 aliphatic heterocycles. The van der Waals surface area contributed by atoms with Crippen molar-refractivity contribution >= 4 is 11.8 Å². The van der Waals surface area contributed by atoms with Crippen LogP contribution in [0.15, 0.2) is 0 Å². The molecule has 3 heteroatoms. The van der Waals surface area contributed by atoms with Gasteiger partial charge in [-0.3, -0.25) is 0 Å². The molecule has 2 unspecified atom stereocenters. The van der Waals surface area contributed by atoms with Gasteiger partial charge in [0.15, 0.2) is 0 Å². The third-order valence-corrected chi connectivity index (χ3v) is 4.71. The van der Waals surface area contributed by atoms with E-state index in [-0.39, 0.29) is 0 Å². The van der Waals surface area contributed by atoms with Gasteiger partial charge in [0.25, 0.3) is 0 Å². The molecule has 0 bridgehead atoms. The monoisotopic (exact) mass is 259 g/mol. The van der Waals surface area contributed by atoms with E-state index in [1.54, 1.807) is 0 Å². The summed E-state index contributed by atoms with van der Waals surface area (Å²) in [5.74, 6) is 2.23. The lowest BCUT2D eigenvalue weighted by Crippen LogP contribution is -2.22. The second kappa shape index (κ2) is 10.2. The molecule has 0 amide bonds. The molecule has 0 saturated heterocycles. The Kier molecular flexibility index (Phi) is 9.21. The highest BCUT2D eigenvalue weighted by atomic mass is 32.2. The number of hydrogen-bond donors (Lipinski definition) is 1. The standard InChI is InChI=1S/C14H29NOS/c1-3-16-10-5-8-15-9-11-17-14-7-4-6-13(2)12-14/h13-15H,3-12H2,1-2H3. The highest BCUT2D eigenvalue weighted by molar-refractivity contribution is 7.99. The fraction of sp³-hybridized carbons (Fsp3) is 1.00. The van der Waals surface area contributed by atoms with Crippen LogP contribution >= 0.6 is 11.8 Å². The molecule has 0 aromatic heterocycles. The van der Waals surface area contributed by atoms with Crippen LogP contribution in [0.3, 0.4) is 0 Å². The Morgan fingerprint density at radius 1 is 1.29 bits per heavy atom. The average Bonchev–Trinajstić information content (AvgIpc) is 2.33. The third-order valence-electron chi connectivity index (χ3n) is 3.37. The Morgan fingerprint density at radius 2 is 2.18 bits per heavy atom. The molecular formula is C14H29NOS. The first-order chi connectivity index (χ1) is 8.33. The van der Waals surface area contributed by atoms with E-state index in [1.807, 2.05) is 0 Å². The lowest BCUT2D eigenvalue weighted by molar-refractivity contribution is 0.145. The van der Waals surface area contributed by atoms with E-state index in [1.165, 1.54) is 31.4 Å². The highest BCUT2D eigenvalue weighted by Crippen LogP contribution is 2.31. The van der Waals surface area contributed by atoms with E-state index in [9.17, 15) is 0 Å². The SMILES string of the molecule is CCOCCCNCCSC1CCCC(C)C1. The van der Waals surface area contributed by atoms with Crippen LogP contribution in [0.5, 0.6) is 0 Å². The van der Waals surface area contributed by atoms with E-state index in [0.29, 0.717) is 0 Å². The van der Waals surface area contributed by atoms with Crippen LogP contribution in [-0.4, -0.2) is 37.3 Å². The van der Waals surface area contributed by atoms with Gasteiger partial charge in [-0.05, 0) is 38.6 Å². The molecule has 0 spiro atoms. The molecule has 1 aliphatic carbocycles. The summed E-state index contributed by atoms with van der Waals surface area (Å²) >= 11 is 2.18. The summed E-state index contributed by atoms with van der Waals surface area (Å²) < 4.78 is 5.30. The zero-order chi connectivity index (χ0) is 12.3. The molecule has 17 heavy (non-hydrogen) atoms. The van der Waals surface area contributed by atoms with Gasteiger partial charge in [-0.1, -0.05) is 19.8 Å². The molecule has 2 atom stereocenters. The number of rotatable bonds is 9. The van der Waals surface area contributed by atoms with Gasteiger partial charge >= 0.3 is 0 Å². The average molecular weight is 259 g/mol. The van der Waals surface area contributed by atoms with Gasteiger partial charge in [0.05, 0.1) is 0 Å². The van der Waals surface area contributed by atoms with Crippen LogP contribution in [0.2, 0.25) is 0 Å². The van der Waals surface area contributed by atoms with E-state index in [4.69, 9.17) is 4.74 Å². The van der Waals surface area contributed by atoms with E-state index >= 15 is 0 Å². The van der Waals surface area contributed by atoms with Gasteiger partial charge in [-0.25, -0.2) is 0 Å². The van der Waals surface area contributed by atoms with Crippen molar-refractivity contribution < 1.29 is 4.74 Å². The zero-order valence-electron chi connectivity index (χ0n) is 11.5. The van der Waals surface area contributed by atoms with Crippen molar-refractivity contribution in [1.82, 2.24) is 5.32 Å². The number of ether oxygens (including phenoxy) is 1. The molecule has 1 fully saturated rings. The molecule has 1 N–H and O–H groups in total. The van der Waals surface area contributed by atoms with Crippen molar-refractivity contribution in [3.8, 4) is 0 Å². The van der Waals surface area contributed by atoms with Gasteiger partial charge in [-0.15, -0.1) is 0 Å². The fourth-order valence-corrected chi connectivity index (χ4v) is 3.79. The summed E-state index contributed by atoms with van der Waals surface area (Å²) in [5.41, 5.74) is 0. The largest absolute Gasteiger partial charge is 0.382 e. The van der Waals surface area contributed by atoms with Gasteiger partial charge in [0.2, 0.25) is 0 Å². The maximum atomic E-state index is 5.30. The molecule has 2 nitrogen and oxygen atoms in total. The summed E-state index contributed by atoms with van der Waals surface area (Å²) in [7, 11) is 0. The van der Waals surface area contributed by atoms with Crippen molar-refractivity contribution in [2.24, 2.45) is 5.92 Å². The smallest absolute Gasteiger partial charge is 0.0477 e. The maximum absolute atomic E-state index is 5.30. The van der Waals surface area contributed by atoms with Crippen molar-refractivity contribution in [1.29, 1.82) is 0 Å². The molecular weight excluding hydrogens is 230 g/mol. The third kappa shape index (κ3) is 8.06. The van der Waals surface area contributed by atoms with E-state index in [2.05, 4.69) is 30.9 Å². The molecule has 102 valence electrons. The topological polar surface area (TPSA) is 21.3 Å². The second-order valence-electron chi connectivity index (χ2n) is 5.07. The minimum absolute atomic E-state index is 0.843. The first kappa shape index (κ1) is 15.3. The molecule has 0 aromatic carbocycles. The molecule has 0 heterocycles. The van der Waals surface area contributed by atoms with Crippen LogP contribution in [-0.2, 0) is 4.74 Å². The van der Waals surface area contributed by atoms with Gasteiger partial charge in [-0.2, -0.15) is 11.8 Å². The summed E-state index contributed by atoms with van der Waals surface area (Å²) in [6, 6.07) is 0. The Balaban J connectivity index is 1.83. The molecule has 1 aliphatic rings. The number of hydrogen-bond acceptors (Lipinski definition) is 3. The van der Waals surface area contributed by atoms with Crippen LogP contribution in [0.1, 0.15) is 46.0 Å². The van der Waals surface area contributed by atoms with Crippen molar-refractivity contribution in [3.05, 3.63) is 0 Å². The maximum Gasteiger partial charge on any atom is 0.0477 e. The lowest BCUT2D eigenvalue weighted by atomic mass is 9.91. The number of thioether (sulfide) groups is 1. The Hall–Kier alpha value is 0.270. The van der Waals surface area contributed by atoms with Gasteiger partial charge < -0.3 is 10.1 Å². The summed E-state index contributed by atoms with van der Waals surface area (Å²) in [6.45, 7) is 8.45. The second-order valence-corrected chi connectivity index (χ2v) is 6.47. The molecule has 0 aromatic rings. The van der Waals surface area contributed by atoms with Gasteiger partial charge in [0.1, 0.15) is 0 Å². The predicted octanol–water partition coefficient (Wildman–Crippen LogP) is 3.31. The lowest BCUT2D eigenvalue weighted by Gasteiger charge is -2.26. The van der Waals surface area contributed by atoms with Crippen LogP contribution in [0.4, 0.5) is 0 Å². The molecule has 1 rings (SSSR count). The minimum Gasteiger partial charge on any atom is -0.382 e. The van der Waals surface area contributed by atoms with Crippen LogP contribution in [0, 0.1) is 5.92 Å². The van der Waals surface area contributed by atoms with Crippen molar-refractivity contribution in [2.45, 2.75) is 51.2 Å². The summed E-state index contributed by atoms with van der Waals surface area (Å²) in [4.78, 5) is 0. The summed E-state index contributed by atoms with van der Waals surface area (Å²) in [5, 5.41) is 4.43. The zero-order valence-corrected chi connectivity index (χ0v) is 12.4.